The third-order valence-electron chi connectivity index (χ3n) is 1.29. The van der Waals surface area contributed by atoms with E-state index in [1.165, 1.54) is 0 Å². The molecule has 0 saturated heterocycles. The van der Waals surface area contributed by atoms with Crippen LogP contribution in [-0.2, 0) is 4.74 Å². The number of hydrogen-bond donors (Lipinski definition) is 0. The Kier molecular flexibility index (Phi) is 3.97. The summed E-state index contributed by atoms with van der Waals surface area (Å²) in [5, 5.41) is 0. The highest BCUT2D eigenvalue weighted by molar-refractivity contribution is 9.09. The largest absolute Gasteiger partial charge is 0.351 e. The molecular formula is C8H8BrOS. The lowest BCUT2D eigenvalue weighted by Gasteiger charge is -2.07. The number of ether oxygens (including phenoxy) is 1. The van der Waals surface area contributed by atoms with E-state index in [0.717, 1.165) is 5.56 Å². The van der Waals surface area contributed by atoms with Crippen molar-refractivity contribution in [1.29, 1.82) is 0 Å². The van der Waals surface area contributed by atoms with Crippen molar-refractivity contribution in [1.82, 2.24) is 0 Å². The predicted octanol–water partition coefficient (Wildman–Crippen LogP) is 3.25. The van der Waals surface area contributed by atoms with Crippen molar-refractivity contribution < 1.29 is 4.74 Å². The van der Waals surface area contributed by atoms with Gasteiger partial charge < -0.3 is 4.74 Å². The smallest absolute Gasteiger partial charge is 0.139 e. The van der Waals surface area contributed by atoms with Gasteiger partial charge in [0.1, 0.15) is 11.0 Å². The van der Waals surface area contributed by atoms with E-state index in [1.54, 1.807) is 0 Å². The molecule has 1 nitrogen and oxygen atoms in total. The van der Waals surface area contributed by atoms with E-state index in [2.05, 4.69) is 15.9 Å². The van der Waals surface area contributed by atoms with E-state index >= 15 is 0 Å². The first-order valence-corrected chi connectivity index (χ1v) is 4.82. The predicted molar refractivity (Wildman–Crippen MR) is 51.7 cm³/mol. The molecule has 0 saturated carbocycles. The third kappa shape index (κ3) is 2.85. The highest BCUT2D eigenvalue weighted by atomic mass is 79.9. The fourth-order valence-electron chi connectivity index (χ4n) is 0.764. The van der Waals surface area contributed by atoms with E-state index in [-0.39, 0.29) is 5.44 Å². The van der Waals surface area contributed by atoms with Crippen LogP contribution in [0.25, 0.3) is 0 Å². The van der Waals surface area contributed by atoms with Crippen LogP contribution in [0.3, 0.4) is 0 Å². The minimum Gasteiger partial charge on any atom is -0.351 e. The molecule has 0 heterocycles. The minimum atomic E-state index is -0.240. The summed E-state index contributed by atoms with van der Waals surface area (Å²) in [6.07, 6.45) is 0. The Hall–Kier alpha value is 0.0100. The average Bonchev–Trinajstić information content (AvgIpc) is 2.07. The Morgan fingerprint density at radius 1 is 1.36 bits per heavy atom. The van der Waals surface area contributed by atoms with Crippen LogP contribution in [0.1, 0.15) is 11.0 Å². The van der Waals surface area contributed by atoms with Crippen molar-refractivity contribution in [2.45, 2.75) is 5.44 Å². The number of rotatable bonds is 3. The number of hydrogen-bond acceptors (Lipinski definition) is 1. The second kappa shape index (κ2) is 4.80. The van der Waals surface area contributed by atoms with Crippen LogP contribution in [0, 0.1) is 0 Å². The molecule has 0 spiro atoms. The van der Waals surface area contributed by atoms with Gasteiger partial charge in [0.15, 0.2) is 0 Å². The SMILES string of the molecule is [S]C(OCBr)c1ccccc1. The molecule has 0 amide bonds. The van der Waals surface area contributed by atoms with Crippen molar-refractivity contribution in [3.63, 3.8) is 0 Å². The first-order valence-electron chi connectivity index (χ1n) is 3.23. The van der Waals surface area contributed by atoms with Gasteiger partial charge in [0, 0.05) is 0 Å². The monoisotopic (exact) mass is 231 g/mol. The molecule has 0 aliphatic carbocycles. The molecule has 1 unspecified atom stereocenters. The molecule has 3 heteroatoms. The van der Waals surface area contributed by atoms with Crippen molar-refractivity contribution in [3.8, 4) is 0 Å². The van der Waals surface area contributed by atoms with Gasteiger partial charge in [0.2, 0.25) is 0 Å². The van der Waals surface area contributed by atoms with E-state index in [1.807, 2.05) is 30.3 Å². The lowest BCUT2D eigenvalue weighted by atomic mass is 10.2. The van der Waals surface area contributed by atoms with Crippen molar-refractivity contribution in [2.75, 3.05) is 5.52 Å². The van der Waals surface area contributed by atoms with Crippen molar-refractivity contribution in [3.05, 3.63) is 35.9 Å². The molecule has 0 fully saturated rings. The zero-order valence-corrected chi connectivity index (χ0v) is 8.27. The van der Waals surface area contributed by atoms with Crippen LogP contribution in [0.2, 0.25) is 0 Å². The normalized spacial score (nSPS) is 12.9. The van der Waals surface area contributed by atoms with Gasteiger partial charge in [-0.3, -0.25) is 0 Å². The van der Waals surface area contributed by atoms with Gasteiger partial charge in [-0.1, -0.05) is 58.9 Å². The summed E-state index contributed by atoms with van der Waals surface area (Å²) in [5.74, 6) is 0. The van der Waals surface area contributed by atoms with Gasteiger partial charge >= 0.3 is 0 Å². The maximum atomic E-state index is 5.16. The van der Waals surface area contributed by atoms with Crippen LogP contribution >= 0.6 is 28.6 Å². The molecule has 59 valence electrons. The third-order valence-corrected chi connectivity index (χ3v) is 1.96. The lowest BCUT2D eigenvalue weighted by Crippen LogP contribution is -1.94. The fourth-order valence-corrected chi connectivity index (χ4v) is 1.43. The maximum absolute atomic E-state index is 5.16. The Morgan fingerprint density at radius 3 is 2.55 bits per heavy atom. The van der Waals surface area contributed by atoms with Gasteiger partial charge in [-0.2, -0.15) is 0 Å². The fraction of sp³-hybridized carbons (Fsp3) is 0.250. The molecule has 1 aromatic carbocycles. The van der Waals surface area contributed by atoms with Crippen LogP contribution in [0.15, 0.2) is 30.3 Å². The molecule has 1 rings (SSSR count). The summed E-state index contributed by atoms with van der Waals surface area (Å²) in [4.78, 5) is 0. The topological polar surface area (TPSA) is 9.23 Å². The zero-order valence-electron chi connectivity index (χ0n) is 5.87. The van der Waals surface area contributed by atoms with Crippen molar-refractivity contribution >= 4 is 28.6 Å². The summed E-state index contributed by atoms with van der Waals surface area (Å²) in [7, 11) is 0. The van der Waals surface area contributed by atoms with Gasteiger partial charge in [0.25, 0.3) is 0 Å². The molecule has 0 aliphatic heterocycles. The Labute approximate surface area is 80.3 Å². The number of benzene rings is 1. The standard InChI is InChI=1S/C8H8BrOS/c9-6-10-8(11)7-4-2-1-3-5-7/h1-5,8H,6H2. The summed E-state index contributed by atoms with van der Waals surface area (Å²) in [6, 6.07) is 9.78. The second-order valence-electron chi connectivity index (χ2n) is 2.02. The second-order valence-corrected chi connectivity index (χ2v) is 2.90. The summed E-state index contributed by atoms with van der Waals surface area (Å²) in [6.45, 7) is 0. The molecule has 0 aliphatic rings. The van der Waals surface area contributed by atoms with E-state index < -0.39 is 0 Å². The van der Waals surface area contributed by atoms with Gasteiger partial charge in [-0.15, -0.1) is 0 Å². The maximum Gasteiger partial charge on any atom is 0.139 e. The number of halogens is 1. The minimum absolute atomic E-state index is 0.240. The van der Waals surface area contributed by atoms with Gasteiger partial charge in [-0.25, -0.2) is 0 Å². The van der Waals surface area contributed by atoms with E-state index in [4.69, 9.17) is 17.4 Å². The van der Waals surface area contributed by atoms with Gasteiger partial charge in [-0.05, 0) is 5.56 Å². The van der Waals surface area contributed by atoms with Crippen LogP contribution in [-0.4, -0.2) is 5.52 Å². The molecular weight excluding hydrogens is 224 g/mol. The van der Waals surface area contributed by atoms with E-state index in [9.17, 15) is 0 Å². The molecule has 0 N–H and O–H groups in total. The highest BCUT2D eigenvalue weighted by Crippen LogP contribution is 2.20. The van der Waals surface area contributed by atoms with Gasteiger partial charge in [0.05, 0.1) is 0 Å². The molecule has 0 aromatic heterocycles. The summed E-state index contributed by atoms with van der Waals surface area (Å²) in [5.41, 5.74) is 1.27. The Bertz CT molecular complexity index is 203. The van der Waals surface area contributed by atoms with Crippen molar-refractivity contribution in [2.24, 2.45) is 0 Å². The lowest BCUT2D eigenvalue weighted by molar-refractivity contribution is 0.165. The number of alkyl halides is 1. The van der Waals surface area contributed by atoms with Crippen LogP contribution < -0.4 is 0 Å². The zero-order chi connectivity index (χ0) is 8.10. The first kappa shape index (κ1) is 9.10. The first-order chi connectivity index (χ1) is 5.34. The molecule has 1 atom stereocenters. The van der Waals surface area contributed by atoms with Crippen LogP contribution in [0.4, 0.5) is 0 Å². The van der Waals surface area contributed by atoms with Crippen LogP contribution in [0.5, 0.6) is 0 Å². The van der Waals surface area contributed by atoms with E-state index in [0.29, 0.717) is 5.52 Å². The summed E-state index contributed by atoms with van der Waals surface area (Å²) >= 11 is 8.21. The highest BCUT2D eigenvalue weighted by Gasteiger charge is 2.04. The quantitative estimate of drug-likeness (QED) is 0.727. The Balaban J connectivity index is 2.61. The summed E-state index contributed by atoms with van der Waals surface area (Å²) < 4.78 is 5.16. The molecule has 11 heavy (non-hydrogen) atoms. The molecule has 1 radical (unpaired) electrons. The molecule has 1 aromatic rings. The molecule has 0 bridgehead atoms. The Morgan fingerprint density at radius 2 is 2.00 bits per heavy atom. The average molecular weight is 232 g/mol.